The molecule has 214 valence electrons. The van der Waals surface area contributed by atoms with Crippen molar-refractivity contribution in [2.24, 2.45) is 16.1 Å². The molecule has 0 bridgehead atoms. The van der Waals surface area contributed by atoms with Gasteiger partial charge in [0.25, 0.3) is 0 Å². The van der Waals surface area contributed by atoms with Crippen LogP contribution in [-0.2, 0) is 6.42 Å². The van der Waals surface area contributed by atoms with E-state index >= 15 is 0 Å². The Bertz CT molecular complexity index is 1170. The maximum Gasteiger partial charge on any atom is 0.160 e. The number of anilines is 1. The van der Waals surface area contributed by atoms with Crippen LogP contribution in [0.1, 0.15) is 101 Å². The van der Waals surface area contributed by atoms with Gasteiger partial charge in [-0.05, 0) is 75.1 Å². The lowest BCUT2D eigenvalue weighted by atomic mass is 10.0. The summed E-state index contributed by atoms with van der Waals surface area (Å²) >= 11 is 1.44. The smallest absolute Gasteiger partial charge is 0.160 e. The number of ether oxygens (including phenoxy) is 1. The van der Waals surface area contributed by atoms with Crippen LogP contribution in [0.15, 0.2) is 28.4 Å². The molecule has 7 nitrogen and oxygen atoms in total. The lowest BCUT2D eigenvalue weighted by Gasteiger charge is -2.26. The molecule has 0 amide bonds. The van der Waals surface area contributed by atoms with Gasteiger partial charge in [0.2, 0.25) is 0 Å². The van der Waals surface area contributed by atoms with Crippen LogP contribution in [0.3, 0.4) is 0 Å². The summed E-state index contributed by atoms with van der Waals surface area (Å²) in [5.41, 5.74) is 3.63. The number of benzene rings is 1. The molecular weight excluding hydrogens is 516 g/mol. The zero-order valence-electron chi connectivity index (χ0n) is 24.7. The zero-order chi connectivity index (χ0) is 29.2. The Morgan fingerprint density at radius 3 is 2.17 bits per heavy atom. The first-order chi connectivity index (χ1) is 19.4. The van der Waals surface area contributed by atoms with Gasteiger partial charge in [0.05, 0.1) is 24.4 Å². The van der Waals surface area contributed by atoms with Crippen LogP contribution in [-0.4, -0.2) is 19.7 Å². The van der Waals surface area contributed by atoms with E-state index in [-0.39, 0.29) is 0 Å². The summed E-state index contributed by atoms with van der Waals surface area (Å²) in [5.74, 6) is 0.988. The second-order valence-electron chi connectivity index (χ2n) is 10.5. The number of hydrogen-bond donors (Lipinski definition) is 0. The highest BCUT2D eigenvalue weighted by molar-refractivity contribution is 7.16. The summed E-state index contributed by atoms with van der Waals surface area (Å²) in [5, 5.41) is 37.3. The van der Waals surface area contributed by atoms with E-state index in [4.69, 9.17) is 15.3 Å². The third kappa shape index (κ3) is 11.0. The summed E-state index contributed by atoms with van der Waals surface area (Å²) in [6, 6.07) is 13.2. The minimum absolute atomic E-state index is 0.366. The van der Waals surface area contributed by atoms with Crippen molar-refractivity contribution in [1.82, 2.24) is 0 Å². The molecule has 0 aliphatic carbocycles. The third-order valence-electron chi connectivity index (χ3n) is 6.59. The molecule has 0 unspecified atom stereocenters. The Hall–Kier alpha value is -3.41. The SMILES string of the molecule is CCCCc1cc(N(CCCCCC#N)CCCCCC#N)ccc1N=Nc1sc(C)c(OCC(C)C)c1C#N. The molecule has 8 heteroatoms. The van der Waals surface area contributed by atoms with Gasteiger partial charge in [0.1, 0.15) is 11.6 Å². The fourth-order valence-corrected chi connectivity index (χ4v) is 5.24. The molecule has 0 saturated heterocycles. The monoisotopic (exact) mass is 560 g/mol. The number of nitrogens with zero attached hydrogens (tertiary/aromatic N) is 6. The fraction of sp³-hybridized carbons (Fsp3) is 0.594. The molecular formula is C32H44N6OS. The van der Waals surface area contributed by atoms with Crippen LogP contribution >= 0.6 is 11.3 Å². The minimum atomic E-state index is 0.366. The Balaban J connectivity index is 2.29. The van der Waals surface area contributed by atoms with Crippen molar-refractivity contribution in [3.8, 4) is 24.0 Å². The molecule has 0 radical (unpaired) electrons. The van der Waals surface area contributed by atoms with Crippen LogP contribution in [0.25, 0.3) is 0 Å². The van der Waals surface area contributed by atoms with Gasteiger partial charge in [-0.2, -0.15) is 15.8 Å². The second kappa shape index (κ2) is 18.8. The lowest BCUT2D eigenvalue weighted by Crippen LogP contribution is -2.25. The van der Waals surface area contributed by atoms with E-state index in [1.54, 1.807) is 0 Å². The number of nitriles is 3. The van der Waals surface area contributed by atoms with Crippen molar-refractivity contribution in [3.05, 3.63) is 34.2 Å². The number of aryl methyl sites for hydroxylation is 2. The first-order valence-electron chi connectivity index (χ1n) is 14.6. The van der Waals surface area contributed by atoms with E-state index in [0.717, 1.165) is 87.0 Å². The highest BCUT2D eigenvalue weighted by atomic mass is 32.1. The number of unbranched alkanes of at least 4 members (excludes halogenated alkanes) is 7. The van der Waals surface area contributed by atoms with Crippen LogP contribution in [0.4, 0.5) is 16.4 Å². The maximum atomic E-state index is 9.82. The molecule has 0 atom stereocenters. The molecule has 2 rings (SSSR count). The van der Waals surface area contributed by atoms with Crippen molar-refractivity contribution >= 4 is 27.7 Å². The van der Waals surface area contributed by atoms with Gasteiger partial charge in [0, 0.05) is 36.5 Å². The van der Waals surface area contributed by atoms with E-state index in [1.165, 1.54) is 17.0 Å². The van der Waals surface area contributed by atoms with Crippen molar-refractivity contribution in [2.75, 3.05) is 24.6 Å². The van der Waals surface area contributed by atoms with Crippen LogP contribution < -0.4 is 9.64 Å². The predicted molar refractivity (Wildman–Crippen MR) is 164 cm³/mol. The van der Waals surface area contributed by atoms with Crippen molar-refractivity contribution in [1.29, 1.82) is 15.8 Å². The van der Waals surface area contributed by atoms with Crippen LogP contribution in [0, 0.1) is 46.8 Å². The van der Waals surface area contributed by atoms with Crippen LogP contribution in [0.5, 0.6) is 5.75 Å². The number of thiophene rings is 1. The highest BCUT2D eigenvalue weighted by Gasteiger charge is 2.18. The first-order valence-corrected chi connectivity index (χ1v) is 15.5. The van der Waals surface area contributed by atoms with Crippen LogP contribution in [0.2, 0.25) is 0 Å². The molecule has 0 fully saturated rings. The van der Waals surface area contributed by atoms with E-state index in [9.17, 15) is 5.26 Å². The largest absolute Gasteiger partial charge is 0.491 e. The molecule has 1 aromatic carbocycles. The van der Waals surface area contributed by atoms with Crippen molar-refractivity contribution < 1.29 is 4.74 Å². The maximum absolute atomic E-state index is 9.82. The molecule has 2 aromatic rings. The summed E-state index contributed by atoms with van der Waals surface area (Å²) in [6.07, 6.45) is 10.3. The summed E-state index contributed by atoms with van der Waals surface area (Å²) in [4.78, 5) is 3.37. The molecule has 0 aliphatic rings. The molecule has 0 aliphatic heterocycles. The number of hydrogen-bond acceptors (Lipinski definition) is 8. The fourth-order valence-electron chi connectivity index (χ4n) is 4.38. The van der Waals surface area contributed by atoms with E-state index in [2.05, 4.69) is 66.2 Å². The quantitative estimate of drug-likeness (QED) is 0.125. The second-order valence-corrected chi connectivity index (χ2v) is 11.7. The normalized spacial score (nSPS) is 10.9. The van der Waals surface area contributed by atoms with E-state index < -0.39 is 0 Å². The predicted octanol–water partition coefficient (Wildman–Crippen LogP) is 9.70. The average molecular weight is 561 g/mol. The van der Waals surface area contributed by atoms with Gasteiger partial charge >= 0.3 is 0 Å². The first kappa shape index (κ1) is 32.8. The minimum Gasteiger partial charge on any atom is -0.491 e. The third-order valence-corrected chi connectivity index (χ3v) is 7.56. The van der Waals surface area contributed by atoms with Gasteiger partial charge in [-0.25, -0.2) is 0 Å². The van der Waals surface area contributed by atoms with Gasteiger partial charge < -0.3 is 9.64 Å². The summed E-state index contributed by atoms with van der Waals surface area (Å²) < 4.78 is 5.93. The lowest BCUT2D eigenvalue weighted by molar-refractivity contribution is 0.270. The molecule has 0 N–H and O–H groups in total. The Labute approximate surface area is 245 Å². The van der Waals surface area contributed by atoms with Crippen molar-refractivity contribution in [3.63, 3.8) is 0 Å². The highest BCUT2D eigenvalue weighted by Crippen LogP contribution is 2.41. The number of azo groups is 1. The van der Waals surface area contributed by atoms with E-state index in [0.29, 0.717) is 41.7 Å². The van der Waals surface area contributed by atoms with Gasteiger partial charge in [0.15, 0.2) is 10.8 Å². The van der Waals surface area contributed by atoms with Crippen molar-refractivity contribution in [2.45, 2.75) is 98.3 Å². The Morgan fingerprint density at radius 1 is 0.925 bits per heavy atom. The average Bonchev–Trinajstić information content (AvgIpc) is 3.26. The van der Waals surface area contributed by atoms with E-state index in [1.807, 2.05) is 13.0 Å². The summed E-state index contributed by atoms with van der Waals surface area (Å²) in [7, 11) is 0. The standard InChI is InChI=1S/C32H44N6OS/c1-5-6-15-27-22-28(38(20-13-9-7-11-18-33)21-14-10-8-12-19-34)16-17-30(27)36-37-32-29(23-35)31(26(4)40-32)39-24-25(2)3/h16-17,22,25H,5-15,20-21,24H2,1-4H3. The Morgan fingerprint density at radius 2 is 1.60 bits per heavy atom. The molecule has 0 saturated carbocycles. The molecule has 1 heterocycles. The molecule has 0 spiro atoms. The zero-order valence-corrected chi connectivity index (χ0v) is 25.5. The van der Waals surface area contributed by atoms with Gasteiger partial charge in [-0.1, -0.05) is 40.0 Å². The van der Waals surface area contributed by atoms with Gasteiger partial charge in [-0.3, -0.25) is 0 Å². The molecule has 40 heavy (non-hydrogen) atoms. The van der Waals surface area contributed by atoms with Gasteiger partial charge in [-0.15, -0.1) is 21.6 Å². The molecule has 1 aromatic heterocycles. The Kier molecular flexibility index (Phi) is 15.4. The number of rotatable bonds is 19. The topological polar surface area (TPSA) is 109 Å². The summed E-state index contributed by atoms with van der Waals surface area (Å²) in [6.45, 7) is 10.7.